The maximum atomic E-state index is 11.8. The monoisotopic (exact) mass is 279 g/mol. The van der Waals surface area contributed by atoms with Gasteiger partial charge in [-0.3, -0.25) is 9.59 Å². The van der Waals surface area contributed by atoms with Gasteiger partial charge in [-0.2, -0.15) is 0 Å². The summed E-state index contributed by atoms with van der Waals surface area (Å²) in [4.78, 5) is 22.8. The highest BCUT2D eigenvalue weighted by molar-refractivity contribution is 5.94. The Kier molecular flexibility index (Phi) is 6.03. The number of amides is 1. The fraction of sp³-hybridized carbons (Fsp3) is 0.467. The number of hydrogen-bond acceptors (Lipinski definition) is 4. The van der Waals surface area contributed by atoms with Crippen LogP contribution in [0.2, 0.25) is 0 Å². The van der Waals surface area contributed by atoms with Gasteiger partial charge >= 0.3 is 5.97 Å². The molecule has 0 saturated carbocycles. The second-order valence-electron chi connectivity index (χ2n) is 4.74. The Morgan fingerprint density at radius 3 is 2.45 bits per heavy atom. The first-order valence-corrected chi connectivity index (χ1v) is 6.52. The molecule has 0 atom stereocenters. The molecule has 1 aromatic carbocycles. The third kappa shape index (κ3) is 4.57. The van der Waals surface area contributed by atoms with Crippen LogP contribution in [0.3, 0.4) is 0 Å². The number of carbonyl (C=O) groups excluding carboxylic acids is 2. The number of ether oxygens (including phenoxy) is 2. The summed E-state index contributed by atoms with van der Waals surface area (Å²) in [7, 11) is 2.85. The molecule has 0 aromatic heterocycles. The molecule has 0 fully saturated rings. The fourth-order valence-electron chi connectivity index (χ4n) is 1.71. The molecule has 0 heterocycles. The number of methoxy groups -OCH3 is 2. The van der Waals surface area contributed by atoms with Gasteiger partial charge in [-0.15, -0.1) is 0 Å². The summed E-state index contributed by atoms with van der Waals surface area (Å²) in [6.07, 6.45) is 0.149. The van der Waals surface area contributed by atoms with Crippen molar-refractivity contribution in [1.29, 1.82) is 0 Å². The molecular weight excluding hydrogens is 258 g/mol. The molecule has 1 N–H and O–H groups in total. The van der Waals surface area contributed by atoms with E-state index in [0.717, 1.165) is 5.56 Å². The Bertz CT molecular complexity index is 483. The minimum atomic E-state index is -0.400. The van der Waals surface area contributed by atoms with Crippen molar-refractivity contribution in [1.82, 2.24) is 0 Å². The van der Waals surface area contributed by atoms with Crippen molar-refractivity contribution in [3.05, 3.63) is 23.8 Å². The predicted octanol–water partition coefficient (Wildman–Crippen LogP) is 2.71. The quantitative estimate of drug-likeness (QED) is 0.813. The van der Waals surface area contributed by atoms with Crippen LogP contribution in [0, 0.1) is 0 Å². The lowest BCUT2D eigenvalue weighted by molar-refractivity contribution is -0.141. The van der Waals surface area contributed by atoms with Crippen LogP contribution in [0.5, 0.6) is 5.75 Å². The van der Waals surface area contributed by atoms with E-state index in [1.807, 2.05) is 18.2 Å². The molecule has 20 heavy (non-hydrogen) atoms. The summed E-state index contributed by atoms with van der Waals surface area (Å²) in [6, 6.07) is 5.68. The van der Waals surface area contributed by atoms with E-state index in [-0.39, 0.29) is 18.7 Å². The zero-order chi connectivity index (χ0) is 15.1. The van der Waals surface area contributed by atoms with Gasteiger partial charge in [0.2, 0.25) is 5.91 Å². The van der Waals surface area contributed by atoms with Crippen molar-refractivity contribution in [3.8, 4) is 5.75 Å². The lowest BCUT2D eigenvalue weighted by Crippen LogP contribution is -2.14. The van der Waals surface area contributed by atoms with Crippen molar-refractivity contribution in [2.45, 2.75) is 32.6 Å². The highest BCUT2D eigenvalue weighted by atomic mass is 16.5. The summed E-state index contributed by atoms with van der Waals surface area (Å²) in [6.45, 7) is 4.15. The minimum absolute atomic E-state index is 0.0640. The number of rotatable bonds is 6. The molecule has 0 unspecified atom stereocenters. The van der Waals surface area contributed by atoms with E-state index >= 15 is 0 Å². The van der Waals surface area contributed by atoms with Crippen LogP contribution in [0.4, 0.5) is 5.69 Å². The van der Waals surface area contributed by atoms with Crippen molar-refractivity contribution >= 4 is 17.6 Å². The van der Waals surface area contributed by atoms with Gasteiger partial charge in [0.15, 0.2) is 0 Å². The number of carbonyl (C=O) groups is 2. The van der Waals surface area contributed by atoms with Gasteiger partial charge in [-0.05, 0) is 23.6 Å². The third-order valence-electron chi connectivity index (χ3n) is 2.95. The predicted molar refractivity (Wildman–Crippen MR) is 77.0 cm³/mol. The van der Waals surface area contributed by atoms with Crippen molar-refractivity contribution in [3.63, 3.8) is 0 Å². The smallest absolute Gasteiger partial charge is 0.306 e. The van der Waals surface area contributed by atoms with Gasteiger partial charge < -0.3 is 14.8 Å². The summed E-state index contributed by atoms with van der Waals surface area (Å²) in [5.41, 5.74) is 1.72. The first-order chi connectivity index (χ1) is 9.47. The minimum Gasteiger partial charge on any atom is -0.495 e. The van der Waals surface area contributed by atoms with Gasteiger partial charge in [0.1, 0.15) is 5.75 Å². The van der Waals surface area contributed by atoms with E-state index in [1.165, 1.54) is 7.11 Å². The normalized spacial score (nSPS) is 10.2. The lowest BCUT2D eigenvalue weighted by Gasteiger charge is -2.13. The molecule has 1 amide bonds. The zero-order valence-electron chi connectivity index (χ0n) is 12.4. The van der Waals surface area contributed by atoms with Gasteiger partial charge in [0, 0.05) is 6.42 Å². The maximum absolute atomic E-state index is 11.8. The van der Waals surface area contributed by atoms with E-state index in [2.05, 4.69) is 23.9 Å². The molecule has 110 valence electrons. The average molecular weight is 279 g/mol. The van der Waals surface area contributed by atoms with Crippen LogP contribution in [-0.4, -0.2) is 26.1 Å². The first kappa shape index (κ1) is 16.0. The number of nitrogens with one attached hydrogen (secondary N) is 1. The number of anilines is 1. The van der Waals surface area contributed by atoms with E-state index in [1.54, 1.807) is 7.11 Å². The van der Waals surface area contributed by atoms with Gasteiger partial charge in [-0.25, -0.2) is 0 Å². The third-order valence-corrected chi connectivity index (χ3v) is 2.95. The molecular formula is C15H21NO4. The van der Waals surface area contributed by atoms with Crippen LogP contribution in [0.25, 0.3) is 0 Å². The molecule has 0 spiro atoms. The Balaban J connectivity index is 2.76. The Morgan fingerprint density at radius 2 is 1.90 bits per heavy atom. The Hall–Kier alpha value is -2.04. The topological polar surface area (TPSA) is 64.6 Å². The second kappa shape index (κ2) is 7.53. The molecule has 5 nitrogen and oxygen atoms in total. The van der Waals surface area contributed by atoms with Gasteiger partial charge in [0.25, 0.3) is 0 Å². The van der Waals surface area contributed by atoms with Gasteiger partial charge in [-0.1, -0.05) is 19.9 Å². The standard InChI is InChI=1S/C15H21NO4/c1-10(2)11-5-6-13(19-3)12(9-11)16-14(17)7-8-15(18)20-4/h5-6,9-10H,7-8H2,1-4H3,(H,16,17). The number of esters is 1. The molecule has 0 radical (unpaired) electrons. The summed E-state index contributed by atoms with van der Waals surface area (Å²) in [5, 5.41) is 2.76. The highest BCUT2D eigenvalue weighted by Crippen LogP contribution is 2.28. The van der Waals surface area contributed by atoms with Crippen LogP contribution in [-0.2, 0) is 14.3 Å². The average Bonchev–Trinajstić information content (AvgIpc) is 2.44. The van der Waals surface area contributed by atoms with Gasteiger partial charge in [0.05, 0.1) is 26.3 Å². The Morgan fingerprint density at radius 1 is 1.20 bits per heavy atom. The van der Waals surface area contributed by atoms with Crippen LogP contribution < -0.4 is 10.1 Å². The lowest BCUT2D eigenvalue weighted by atomic mass is 10.0. The molecule has 1 aromatic rings. The molecule has 0 bridgehead atoms. The van der Waals surface area contributed by atoms with Crippen molar-refractivity contribution < 1.29 is 19.1 Å². The fourth-order valence-corrected chi connectivity index (χ4v) is 1.71. The first-order valence-electron chi connectivity index (χ1n) is 6.52. The van der Waals surface area contributed by atoms with Crippen molar-refractivity contribution in [2.24, 2.45) is 0 Å². The molecule has 0 aliphatic carbocycles. The second-order valence-corrected chi connectivity index (χ2v) is 4.74. The van der Waals surface area contributed by atoms with Crippen LogP contribution in [0.15, 0.2) is 18.2 Å². The summed E-state index contributed by atoms with van der Waals surface area (Å²) < 4.78 is 9.72. The zero-order valence-corrected chi connectivity index (χ0v) is 12.4. The molecule has 0 aliphatic heterocycles. The van der Waals surface area contributed by atoms with Crippen LogP contribution in [0.1, 0.15) is 38.2 Å². The summed E-state index contributed by atoms with van der Waals surface area (Å²) >= 11 is 0. The summed E-state index contributed by atoms with van der Waals surface area (Å²) in [5.74, 6) is 0.310. The number of benzene rings is 1. The molecule has 0 aliphatic rings. The van der Waals surface area contributed by atoms with E-state index < -0.39 is 5.97 Å². The molecule has 0 saturated heterocycles. The van der Waals surface area contributed by atoms with E-state index in [4.69, 9.17) is 4.74 Å². The number of hydrogen-bond donors (Lipinski definition) is 1. The molecule has 1 rings (SSSR count). The Labute approximate surface area is 119 Å². The van der Waals surface area contributed by atoms with Crippen molar-refractivity contribution in [2.75, 3.05) is 19.5 Å². The largest absolute Gasteiger partial charge is 0.495 e. The SMILES string of the molecule is COC(=O)CCC(=O)Nc1cc(C(C)C)ccc1OC. The van der Waals surface area contributed by atoms with E-state index in [0.29, 0.717) is 17.4 Å². The highest BCUT2D eigenvalue weighted by Gasteiger charge is 2.11. The van der Waals surface area contributed by atoms with Crippen LogP contribution >= 0.6 is 0 Å². The maximum Gasteiger partial charge on any atom is 0.306 e. The molecule has 5 heteroatoms. The van der Waals surface area contributed by atoms with E-state index in [9.17, 15) is 9.59 Å².